The van der Waals surface area contributed by atoms with Gasteiger partial charge in [-0.3, -0.25) is 4.79 Å². The Morgan fingerprint density at radius 2 is 2.16 bits per heavy atom. The molecule has 19 heavy (non-hydrogen) atoms. The second kappa shape index (κ2) is 6.54. The minimum absolute atomic E-state index is 0.0316. The van der Waals surface area contributed by atoms with E-state index in [0.29, 0.717) is 19.6 Å². The topological polar surface area (TPSA) is 64.8 Å². The molecule has 0 aliphatic carbocycles. The number of benzene rings is 1. The quantitative estimate of drug-likeness (QED) is 0.853. The van der Waals surface area contributed by atoms with E-state index < -0.39 is 0 Å². The highest BCUT2D eigenvalue weighted by atomic mass is 16.5. The number of rotatable bonds is 5. The van der Waals surface area contributed by atoms with Gasteiger partial charge in [-0.2, -0.15) is 0 Å². The Kier molecular flexibility index (Phi) is 4.76. The number of hydrogen-bond donors (Lipinski definition) is 1. The zero-order chi connectivity index (χ0) is 13.7. The monoisotopic (exact) mass is 264 g/mol. The van der Waals surface area contributed by atoms with Crippen LogP contribution in [0.5, 0.6) is 5.75 Å². The SMILES string of the molecule is COc1ccc(CN2CC(CCN)OCC2=O)cc1. The van der Waals surface area contributed by atoms with Gasteiger partial charge < -0.3 is 20.1 Å². The van der Waals surface area contributed by atoms with E-state index in [1.165, 1.54) is 0 Å². The summed E-state index contributed by atoms with van der Waals surface area (Å²) in [6, 6.07) is 7.74. The molecule has 1 atom stereocenters. The number of ether oxygens (including phenoxy) is 2. The van der Waals surface area contributed by atoms with E-state index >= 15 is 0 Å². The number of carbonyl (C=O) groups is 1. The summed E-state index contributed by atoms with van der Waals surface area (Å²) < 4.78 is 10.6. The summed E-state index contributed by atoms with van der Waals surface area (Å²) in [5.41, 5.74) is 6.61. The first-order valence-electron chi connectivity index (χ1n) is 6.45. The van der Waals surface area contributed by atoms with E-state index in [1.807, 2.05) is 29.2 Å². The van der Waals surface area contributed by atoms with E-state index in [9.17, 15) is 4.79 Å². The first-order chi connectivity index (χ1) is 9.22. The molecule has 1 aromatic carbocycles. The molecular weight excluding hydrogens is 244 g/mol. The molecule has 1 heterocycles. The molecule has 1 amide bonds. The van der Waals surface area contributed by atoms with E-state index in [-0.39, 0.29) is 18.6 Å². The second-order valence-corrected chi connectivity index (χ2v) is 4.63. The molecule has 1 aliphatic rings. The van der Waals surface area contributed by atoms with Crippen molar-refractivity contribution < 1.29 is 14.3 Å². The molecule has 1 aromatic rings. The van der Waals surface area contributed by atoms with Crippen molar-refractivity contribution in [3.63, 3.8) is 0 Å². The molecule has 0 spiro atoms. The third-order valence-electron chi connectivity index (χ3n) is 3.24. The number of methoxy groups -OCH3 is 1. The van der Waals surface area contributed by atoms with E-state index in [0.717, 1.165) is 17.7 Å². The van der Waals surface area contributed by atoms with E-state index in [4.69, 9.17) is 15.2 Å². The van der Waals surface area contributed by atoms with Crippen LogP contribution in [0, 0.1) is 0 Å². The molecule has 5 heteroatoms. The van der Waals surface area contributed by atoms with Gasteiger partial charge in [0.1, 0.15) is 12.4 Å². The van der Waals surface area contributed by atoms with Gasteiger partial charge in [0.25, 0.3) is 0 Å². The van der Waals surface area contributed by atoms with Gasteiger partial charge in [-0.05, 0) is 30.7 Å². The average Bonchev–Trinajstić information content (AvgIpc) is 2.44. The third-order valence-corrected chi connectivity index (χ3v) is 3.24. The Bertz CT molecular complexity index is 419. The van der Waals surface area contributed by atoms with Crippen LogP contribution < -0.4 is 10.5 Å². The molecule has 1 fully saturated rings. The molecule has 0 saturated carbocycles. The second-order valence-electron chi connectivity index (χ2n) is 4.63. The maximum atomic E-state index is 11.8. The Hall–Kier alpha value is -1.59. The van der Waals surface area contributed by atoms with Crippen molar-refractivity contribution in [2.75, 3.05) is 26.8 Å². The lowest BCUT2D eigenvalue weighted by Gasteiger charge is -2.32. The molecule has 104 valence electrons. The molecule has 5 nitrogen and oxygen atoms in total. The smallest absolute Gasteiger partial charge is 0.248 e. The largest absolute Gasteiger partial charge is 0.497 e. The van der Waals surface area contributed by atoms with Gasteiger partial charge >= 0.3 is 0 Å². The zero-order valence-electron chi connectivity index (χ0n) is 11.2. The van der Waals surface area contributed by atoms with Crippen LogP contribution >= 0.6 is 0 Å². The van der Waals surface area contributed by atoms with Crippen molar-refractivity contribution in [3.8, 4) is 5.75 Å². The zero-order valence-corrected chi connectivity index (χ0v) is 11.2. The van der Waals surface area contributed by atoms with Crippen LogP contribution in [0.4, 0.5) is 0 Å². The van der Waals surface area contributed by atoms with Crippen LogP contribution in [-0.2, 0) is 16.1 Å². The lowest BCUT2D eigenvalue weighted by Crippen LogP contribution is -2.46. The molecule has 0 radical (unpaired) electrons. The van der Waals surface area contributed by atoms with Crippen molar-refractivity contribution in [3.05, 3.63) is 29.8 Å². The van der Waals surface area contributed by atoms with Gasteiger partial charge in [-0.1, -0.05) is 12.1 Å². The fourth-order valence-electron chi connectivity index (χ4n) is 2.15. The summed E-state index contributed by atoms with van der Waals surface area (Å²) in [6.07, 6.45) is 0.841. The summed E-state index contributed by atoms with van der Waals surface area (Å²) >= 11 is 0. The lowest BCUT2D eigenvalue weighted by molar-refractivity contribution is -0.149. The van der Waals surface area contributed by atoms with Crippen molar-refractivity contribution in [2.45, 2.75) is 19.1 Å². The number of carbonyl (C=O) groups excluding carboxylic acids is 1. The Balaban J connectivity index is 1.97. The van der Waals surface area contributed by atoms with Crippen molar-refractivity contribution in [2.24, 2.45) is 5.73 Å². The third kappa shape index (κ3) is 3.68. The lowest BCUT2D eigenvalue weighted by atomic mass is 10.1. The van der Waals surface area contributed by atoms with Crippen LogP contribution in [-0.4, -0.2) is 43.7 Å². The fourth-order valence-corrected chi connectivity index (χ4v) is 2.15. The minimum atomic E-state index is 0.0316. The summed E-state index contributed by atoms with van der Waals surface area (Å²) in [6.45, 7) is 1.95. The number of nitrogens with two attached hydrogens (primary N) is 1. The Morgan fingerprint density at radius 3 is 2.79 bits per heavy atom. The van der Waals surface area contributed by atoms with Gasteiger partial charge in [0.2, 0.25) is 5.91 Å². The highest BCUT2D eigenvalue weighted by molar-refractivity contribution is 5.78. The molecule has 1 saturated heterocycles. The molecular formula is C14H20N2O3. The molecule has 1 unspecified atom stereocenters. The maximum Gasteiger partial charge on any atom is 0.248 e. The van der Waals surface area contributed by atoms with Gasteiger partial charge in [-0.25, -0.2) is 0 Å². The first-order valence-corrected chi connectivity index (χ1v) is 6.45. The van der Waals surface area contributed by atoms with Crippen LogP contribution in [0.15, 0.2) is 24.3 Å². The molecule has 2 rings (SSSR count). The van der Waals surface area contributed by atoms with Crippen LogP contribution in [0.25, 0.3) is 0 Å². The summed E-state index contributed by atoms with van der Waals surface area (Å²) in [5.74, 6) is 0.849. The fraction of sp³-hybridized carbons (Fsp3) is 0.500. The van der Waals surface area contributed by atoms with Gasteiger partial charge in [0.15, 0.2) is 0 Å². The first kappa shape index (κ1) is 13.8. The van der Waals surface area contributed by atoms with Crippen LogP contribution in [0.2, 0.25) is 0 Å². The molecule has 0 bridgehead atoms. The molecule has 1 aliphatic heterocycles. The van der Waals surface area contributed by atoms with Crippen LogP contribution in [0.1, 0.15) is 12.0 Å². The van der Waals surface area contributed by atoms with Crippen molar-refractivity contribution in [1.29, 1.82) is 0 Å². The van der Waals surface area contributed by atoms with E-state index in [2.05, 4.69) is 0 Å². The highest BCUT2D eigenvalue weighted by Gasteiger charge is 2.25. The standard InChI is InChI=1S/C14H20N2O3/c1-18-12-4-2-11(3-5-12)8-16-9-13(6-7-15)19-10-14(16)17/h2-5,13H,6-10,15H2,1H3. The summed E-state index contributed by atoms with van der Waals surface area (Å²) in [4.78, 5) is 13.6. The van der Waals surface area contributed by atoms with Crippen molar-refractivity contribution in [1.82, 2.24) is 4.90 Å². The maximum absolute atomic E-state index is 11.8. The number of hydrogen-bond acceptors (Lipinski definition) is 4. The summed E-state index contributed by atoms with van der Waals surface area (Å²) in [5, 5.41) is 0. The normalized spacial score (nSPS) is 19.6. The van der Waals surface area contributed by atoms with Gasteiger partial charge in [-0.15, -0.1) is 0 Å². The predicted molar refractivity (Wildman–Crippen MR) is 71.8 cm³/mol. The Morgan fingerprint density at radius 1 is 1.42 bits per heavy atom. The molecule has 0 aromatic heterocycles. The van der Waals surface area contributed by atoms with E-state index in [1.54, 1.807) is 7.11 Å². The van der Waals surface area contributed by atoms with Gasteiger partial charge in [0.05, 0.1) is 13.2 Å². The predicted octanol–water partition coefficient (Wildman–Crippen LogP) is 0.771. The number of amides is 1. The minimum Gasteiger partial charge on any atom is -0.497 e. The van der Waals surface area contributed by atoms with Crippen molar-refractivity contribution >= 4 is 5.91 Å². The van der Waals surface area contributed by atoms with Crippen LogP contribution in [0.3, 0.4) is 0 Å². The molecule has 2 N–H and O–H groups in total. The summed E-state index contributed by atoms with van der Waals surface area (Å²) in [7, 11) is 1.64. The average molecular weight is 264 g/mol. The van der Waals surface area contributed by atoms with Gasteiger partial charge in [0, 0.05) is 13.1 Å². The number of nitrogens with zero attached hydrogens (tertiary/aromatic N) is 1. The Labute approximate surface area is 113 Å². The number of morpholine rings is 1. The highest BCUT2D eigenvalue weighted by Crippen LogP contribution is 2.16.